The van der Waals surface area contributed by atoms with Crippen molar-refractivity contribution >= 4 is 5.97 Å². The Kier molecular flexibility index (Phi) is 3.10. The summed E-state index contributed by atoms with van der Waals surface area (Å²) in [6.07, 6.45) is -6.43. The molecule has 4 aliphatic carbocycles. The van der Waals surface area contributed by atoms with Crippen molar-refractivity contribution in [2.24, 2.45) is 5.41 Å². The molecule has 0 atom stereocenters. The van der Waals surface area contributed by atoms with Gasteiger partial charge >= 0.3 is 12.1 Å². The van der Waals surface area contributed by atoms with Crippen LogP contribution in [0.2, 0.25) is 0 Å². The summed E-state index contributed by atoms with van der Waals surface area (Å²) in [7, 11) is 0. The molecule has 5 rings (SSSR count). The van der Waals surface area contributed by atoms with Crippen LogP contribution in [-0.4, -0.2) is 32.4 Å². The standard InChI is InChI=1S/C16H16F6N2O2/c1-12(2-15(18,19)3-12)7-24-9(11(25)26)8(16(20,21)22)10(23-24)13-4-14(17,5-13)6-13/h2-7H2,1H3,(H,25,26). The Morgan fingerprint density at radius 3 is 2.08 bits per heavy atom. The Labute approximate surface area is 144 Å². The summed E-state index contributed by atoms with van der Waals surface area (Å²) in [6, 6.07) is 0. The minimum absolute atomic E-state index is 0.117. The summed E-state index contributed by atoms with van der Waals surface area (Å²) in [5, 5.41) is 13.2. The third-order valence-corrected chi connectivity index (χ3v) is 5.81. The molecule has 0 saturated heterocycles. The van der Waals surface area contributed by atoms with Gasteiger partial charge in [0.05, 0.1) is 5.69 Å². The van der Waals surface area contributed by atoms with Gasteiger partial charge in [0, 0.05) is 24.8 Å². The third-order valence-electron chi connectivity index (χ3n) is 5.81. The van der Waals surface area contributed by atoms with E-state index in [0.29, 0.717) is 4.68 Å². The van der Waals surface area contributed by atoms with Crippen LogP contribution < -0.4 is 0 Å². The van der Waals surface area contributed by atoms with E-state index < -0.39 is 64.4 Å². The Morgan fingerprint density at radius 1 is 1.15 bits per heavy atom. The number of alkyl halides is 6. The Bertz CT molecular complexity index is 785. The van der Waals surface area contributed by atoms with Gasteiger partial charge in [-0.05, 0) is 24.7 Å². The van der Waals surface area contributed by atoms with Gasteiger partial charge in [0.1, 0.15) is 11.2 Å². The van der Waals surface area contributed by atoms with Crippen molar-refractivity contribution in [1.82, 2.24) is 9.78 Å². The van der Waals surface area contributed by atoms with Crippen LogP contribution in [0.3, 0.4) is 0 Å². The molecule has 0 unspecified atom stereocenters. The molecule has 1 aromatic heterocycles. The van der Waals surface area contributed by atoms with Crippen molar-refractivity contribution in [3.05, 3.63) is 17.0 Å². The minimum atomic E-state index is -4.98. The molecule has 1 aromatic rings. The van der Waals surface area contributed by atoms with E-state index in [-0.39, 0.29) is 25.8 Å². The maximum atomic E-state index is 13.8. The highest BCUT2D eigenvalue weighted by Gasteiger charge is 2.72. The first kappa shape index (κ1) is 17.7. The van der Waals surface area contributed by atoms with Crippen molar-refractivity contribution in [1.29, 1.82) is 0 Å². The van der Waals surface area contributed by atoms with Crippen LogP contribution in [0.4, 0.5) is 26.3 Å². The molecule has 0 aromatic carbocycles. The predicted molar refractivity (Wildman–Crippen MR) is 75.8 cm³/mol. The first-order chi connectivity index (χ1) is 11.7. The Hall–Kier alpha value is -1.74. The van der Waals surface area contributed by atoms with Crippen molar-refractivity contribution in [3.63, 3.8) is 0 Å². The first-order valence-electron chi connectivity index (χ1n) is 8.16. The average Bonchev–Trinajstić information content (AvgIpc) is 2.69. The lowest BCUT2D eigenvalue weighted by atomic mass is 9.41. The second kappa shape index (κ2) is 4.56. The van der Waals surface area contributed by atoms with E-state index in [2.05, 4.69) is 5.10 Å². The quantitative estimate of drug-likeness (QED) is 0.795. The number of hydrogen-bond donors (Lipinski definition) is 1. The molecule has 0 radical (unpaired) electrons. The molecule has 0 amide bonds. The number of halogens is 6. The summed E-state index contributed by atoms with van der Waals surface area (Å²) in [4.78, 5) is 11.5. The zero-order chi connectivity index (χ0) is 19.3. The number of hydrogen-bond acceptors (Lipinski definition) is 2. The number of carbonyl (C=O) groups is 1. The number of carboxylic acids is 1. The van der Waals surface area contributed by atoms with Crippen LogP contribution in [-0.2, 0) is 18.1 Å². The summed E-state index contributed by atoms with van der Waals surface area (Å²) >= 11 is 0. The van der Waals surface area contributed by atoms with Gasteiger partial charge in [0.15, 0.2) is 5.69 Å². The summed E-state index contributed by atoms with van der Waals surface area (Å²) in [5.41, 5.74) is -6.52. The molecule has 4 aliphatic rings. The summed E-state index contributed by atoms with van der Waals surface area (Å²) < 4.78 is 81.7. The highest BCUT2D eigenvalue weighted by molar-refractivity contribution is 5.88. The van der Waals surface area contributed by atoms with Crippen LogP contribution >= 0.6 is 0 Å². The van der Waals surface area contributed by atoms with E-state index in [1.165, 1.54) is 6.92 Å². The summed E-state index contributed by atoms with van der Waals surface area (Å²) in [6.45, 7) is 1.10. The van der Waals surface area contributed by atoms with Crippen molar-refractivity contribution in [2.45, 2.75) is 68.8 Å². The van der Waals surface area contributed by atoms with Gasteiger partial charge in [-0.3, -0.25) is 4.68 Å². The van der Waals surface area contributed by atoms with Crippen LogP contribution in [0.15, 0.2) is 0 Å². The number of aromatic nitrogens is 2. The van der Waals surface area contributed by atoms with Gasteiger partial charge in [-0.25, -0.2) is 18.0 Å². The number of aromatic carboxylic acids is 1. The zero-order valence-corrected chi connectivity index (χ0v) is 13.8. The van der Waals surface area contributed by atoms with Crippen LogP contribution in [0.25, 0.3) is 0 Å². The van der Waals surface area contributed by atoms with E-state index in [0.717, 1.165) is 0 Å². The molecule has 4 nitrogen and oxygen atoms in total. The van der Waals surface area contributed by atoms with Crippen LogP contribution in [0.5, 0.6) is 0 Å². The van der Waals surface area contributed by atoms with Crippen LogP contribution in [0, 0.1) is 5.41 Å². The molecule has 0 spiro atoms. The minimum Gasteiger partial charge on any atom is -0.477 e. The second-order valence-corrected chi connectivity index (χ2v) is 8.51. The lowest BCUT2D eigenvalue weighted by Gasteiger charge is -2.65. The van der Waals surface area contributed by atoms with Gasteiger partial charge in [-0.1, -0.05) is 6.92 Å². The molecule has 26 heavy (non-hydrogen) atoms. The van der Waals surface area contributed by atoms with Gasteiger partial charge < -0.3 is 5.11 Å². The van der Waals surface area contributed by atoms with E-state index in [1.807, 2.05) is 0 Å². The van der Waals surface area contributed by atoms with Crippen LogP contribution in [0.1, 0.15) is 60.8 Å². The number of nitrogens with zero attached hydrogens (tertiary/aromatic N) is 2. The van der Waals surface area contributed by atoms with E-state index in [4.69, 9.17) is 0 Å². The van der Waals surface area contributed by atoms with Gasteiger partial charge in [-0.15, -0.1) is 0 Å². The van der Waals surface area contributed by atoms with E-state index in [9.17, 15) is 36.2 Å². The topological polar surface area (TPSA) is 55.1 Å². The molecule has 4 saturated carbocycles. The lowest BCUT2D eigenvalue weighted by molar-refractivity contribution is -0.170. The molecule has 144 valence electrons. The molecule has 4 fully saturated rings. The molecule has 2 bridgehead atoms. The monoisotopic (exact) mass is 382 g/mol. The molecule has 1 N–H and O–H groups in total. The second-order valence-electron chi connectivity index (χ2n) is 8.51. The normalized spacial score (nSPS) is 33.8. The Balaban J connectivity index is 1.77. The van der Waals surface area contributed by atoms with Crippen molar-refractivity contribution in [3.8, 4) is 0 Å². The number of carboxylic acid groups (broad SMARTS) is 1. The molecule has 1 heterocycles. The van der Waals surface area contributed by atoms with Crippen molar-refractivity contribution < 1.29 is 36.2 Å². The lowest BCUT2D eigenvalue weighted by Crippen LogP contribution is -2.67. The van der Waals surface area contributed by atoms with E-state index >= 15 is 0 Å². The van der Waals surface area contributed by atoms with E-state index in [1.54, 1.807) is 0 Å². The number of rotatable bonds is 4. The highest BCUT2D eigenvalue weighted by Crippen LogP contribution is 2.70. The fraction of sp³-hybridized carbons (Fsp3) is 0.750. The average molecular weight is 382 g/mol. The first-order valence-corrected chi connectivity index (χ1v) is 8.16. The molecular weight excluding hydrogens is 366 g/mol. The third kappa shape index (κ3) is 2.36. The SMILES string of the molecule is CC1(Cn2nc(C34CC(F)(C3)C4)c(C(F)(F)F)c2C(=O)O)CC(F)(F)C1. The molecule has 0 aliphatic heterocycles. The largest absolute Gasteiger partial charge is 0.477 e. The highest BCUT2D eigenvalue weighted by atomic mass is 19.4. The fourth-order valence-corrected chi connectivity index (χ4v) is 5.02. The molecular formula is C16H16F6N2O2. The predicted octanol–water partition coefficient (Wildman–Crippen LogP) is 4.18. The molecule has 10 heteroatoms. The fourth-order valence-electron chi connectivity index (χ4n) is 5.02. The maximum absolute atomic E-state index is 13.8. The van der Waals surface area contributed by atoms with Gasteiger partial charge in [0.2, 0.25) is 5.92 Å². The van der Waals surface area contributed by atoms with Gasteiger partial charge in [0.25, 0.3) is 0 Å². The zero-order valence-electron chi connectivity index (χ0n) is 13.8. The maximum Gasteiger partial charge on any atom is 0.420 e. The summed E-state index contributed by atoms with van der Waals surface area (Å²) in [5.74, 6) is -4.73. The Morgan fingerprint density at radius 2 is 1.69 bits per heavy atom. The van der Waals surface area contributed by atoms with Crippen molar-refractivity contribution in [2.75, 3.05) is 0 Å². The smallest absolute Gasteiger partial charge is 0.420 e. The van der Waals surface area contributed by atoms with Gasteiger partial charge in [-0.2, -0.15) is 18.3 Å².